The van der Waals surface area contributed by atoms with Crippen molar-refractivity contribution in [2.24, 2.45) is 0 Å². The Morgan fingerprint density at radius 3 is 2.39 bits per heavy atom. The number of halogens is 2. The Kier molecular flexibility index (Phi) is 5.35. The zero-order valence-corrected chi connectivity index (χ0v) is 13.8. The number of nitrogens with zero attached hydrogens (tertiary/aromatic N) is 3. The van der Waals surface area contributed by atoms with Gasteiger partial charge in [0.2, 0.25) is 0 Å². The average molecular weight is 342 g/mol. The number of hydrogen-bond donors (Lipinski definition) is 0. The van der Waals surface area contributed by atoms with Crippen LogP contribution < -0.4 is 0 Å². The molecule has 0 saturated carbocycles. The number of carbonyl (C=O) groups excluding carboxylic acids is 1. The summed E-state index contributed by atoms with van der Waals surface area (Å²) in [6.45, 7) is 5.76. The van der Waals surface area contributed by atoms with E-state index in [-0.39, 0.29) is 11.8 Å². The van der Waals surface area contributed by atoms with E-state index in [2.05, 4.69) is 4.90 Å². The number of carbonyl (C=O) groups is 1. The maximum absolute atomic E-state index is 13.9. The molecule has 1 aromatic rings. The molecule has 23 heavy (non-hydrogen) atoms. The van der Waals surface area contributed by atoms with Crippen molar-refractivity contribution >= 4 is 17.6 Å². The number of ether oxygens (including phenoxy) is 1. The van der Waals surface area contributed by atoms with Crippen LogP contribution in [0.3, 0.4) is 0 Å². The Balaban J connectivity index is 1.53. The van der Waals surface area contributed by atoms with Crippen LogP contribution in [-0.2, 0) is 11.3 Å². The maximum atomic E-state index is 13.9. The molecule has 0 aliphatic carbocycles. The summed E-state index contributed by atoms with van der Waals surface area (Å²) in [5.74, 6) is -0.274. The fraction of sp³-hybridized carbons (Fsp3) is 0.562. The molecular formula is C16H21ClFN3O2. The molecular weight excluding hydrogens is 321 g/mol. The summed E-state index contributed by atoms with van der Waals surface area (Å²) in [7, 11) is 0. The second-order valence-corrected chi connectivity index (χ2v) is 6.25. The van der Waals surface area contributed by atoms with Gasteiger partial charge in [0.1, 0.15) is 5.82 Å². The van der Waals surface area contributed by atoms with E-state index in [0.29, 0.717) is 56.5 Å². The molecule has 2 aliphatic rings. The first-order chi connectivity index (χ1) is 11.1. The van der Waals surface area contributed by atoms with Crippen molar-refractivity contribution in [2.45, 2.75) is 6.54 Å². The molecule has 126 valence electrons. The topological polar surface area (TPSA) is 36.0 Å². The number of piperazine rings is 1. The third kappa shape index (κ3) is 3.94. The van der Waals surface area contributed by atoms with Crippen molar-refractivity contribution < 1.29 is 13.9 Å². The first-order valence-electron chi connectivity index (χ1n) is 7.92. The van der Waals surface area contributed by atoms with Crippen LogP contribution in [0.5, 0.6) is 0 Å². The van der Waals surface area contributed by atoms with Gasteiger partial charge in [-0.05, 0) is 12.1 Å². The van der Waals surface area contributed by atoms with Crippen LogP contribution in [0.2, 0.25) is 5.02 Å². The van der Waals surface area contributed by atoms with Gasteiger partial charge in [-0.25, -0.2) is 9.18 Å². The molecule has 5 nitrogen and oxygen atoms in total. The number of urea groups is 1. The quantitative estimate of drug-likeness (QED) is 0.826. The summed E-state index contributed by atoms with van der Waals surface area (Å²) in [4.78, 5) is 18.3. The third-order valence-electron chi connectivity index (χ3n) is 4.37. The summed E-state index contributed by atoms with van der Waals surface area (Å²) in [5.41, 5.74) is 0.530. The van der Waals surface area contributed by atoms with E-state index in [0.717, 1.165) is 13.1 Å². The second kappa shape index (κ2) is 7.47. The highest BCUT2D eigenvalue weighted by Gasteiger charge is 2.26. The van der Waals surface area contributed by atoms with Crippen LogP contribution in [0.4, 0.5) is 9.18 Å². The molecule has 0 N–H and O–H groups in total. The van der Waals surface area contributed by atoms with Crippen molar-refractivity contribution in [1.29, 1.82) is 0 Å². The van der Waals surface area contributed by atoms with Crippen molar-refractivity contribution in [1.82, 2.24) is 14.7 Å². The fourth-order valence-electron chi connectivity index (χ4n) is 2.96. The van der Waals surface area contributed by atoms with Crippen molar-refractivity contribution in [3.63, 3.8) is 0 Å². The maximum Gasteiger partial charge on any atom is 0.320 e. The van der Waals surface area contributed by atoms with Gasteiger partial charge in [-0.15, -0.1) is 0 Å². The van der Waals surface area contributed by atoms with Gasteiger partial charge in [0.25, 0.3) is 0 Å². The zero-order chi connectivity index (χ0) is 16.2. The molecule has 2 heterocycles. The minimum Gasteiger partial charge on any atom is -0.378 e. The number of benzene rings is 1. The van der Waals surface area contributed by atoms with Crippen LogP contribution in [0, 0.1) is 5.82 Å². The SMILES string of the molecule is O=C(N1CCOCC1)N1CCN(Cc2c(F)cccc2Cl)CC1. The molecule has 0 atom stereocenters. The summed E-state index contributed by atoms with van der Waals surface area (Å²) in [6.07, 6.45) is 0. The van der Waals surface area contributed by atoms with Gasteiger partial charge >= 0.3 is 6.03 Å². The molecule has 2 fully saturated rings. The van der Waals surface area contributed by atoms with Gasteiger partial charge in [0.15, 0.2) is 0 Å². The predicted octanol–water partition coefficient (Wildman–Crippen LogP) is 2.05. The van der Waals surface area contributed by atoms with Crippen LogP contribution in [0.15, 0.2) is 18.2 Å². The summed E-state index contributed by atoms with van der Waals surface area (Å²) >= 11 is 6.08. The van der Waals surface area contributed by atoms with E-state index in [1.54, 1.807) is 12.1 Å². The lowest BCUT2D eigenvalue weighted by molar-refractivity contribution is 0.0372. The Bertz CT molecular complexity index is 538. The number of morpholine rings is 1. The highest BCUT2D eigenvalue weighted by Crippen LogP contribution is 2.21. The smallest absolute Gasteiger partial charge is 0.320 e. The van der Waals surface area contributed by atoms with E-state index < -0.39 is 0 Å². The minimum absolute atomic E-state index is 0.0804. The molecule has 2 amide bonds. The van der Waals surface area contributed by atoms with Crippen LogP contribution in [0.1, 0.15) is 5.56 Å². The third-order valence-corrected chi connectivity index (χ3v) is 4.72. The van der Waals surface area contributed by atoms with Gasteiger partial charge < -0.3 is 14.5 Å². The van der Waals surface area contributed by atoms with Crippen LogP contribution in [-0.4, -0.2) is 73.2 Å². The number of hydrogen-bond acceptors (Lipinski definition) is 3. The molecule has 0 bridgehead atoms. The molecule has 2 aliphatic heterocycles. The van der Waals surface area contributed by atoms with Crippen molar-refractivity contribution in [2.75, 3.05) is 52.5 Å². The Labute approximate surface area is 140 Å². The van der Waals surface area contributed by atoms with Gasteiger partial charge in [-0.2, -0.15) is 0 Å². The van der Waals surface area contributed by atoms with E-state index in [1.165, 1.54) is 6.07 Å². The highest BCUT2D eigenvalue weighted by molar-refractivity contribution is 6.31. The molecule has 0 unspecified atom stereocenters. The van der Waals surface area contributed by atoms with Gasteiger partial charge in [0, 0.05) is 56.4 Å². The Morgan fingerprint density at radius 2 is 1.74 bits per heavy atom. The summed E-state index contributed by atoms with van der Waals surface area (Å²) in [5, 5.41) is 0.455. The number of amides is 2. The normalized spacial score (nSPS) is 19.9. The van der Waals surface area contributed by atoms with Crippen LogP contribution >= 0.6 is 11.6 Å². The molecule has 3 rings (SSSR count). The predicted molar refractivity (Wildman–Crippen MR) is 86.0 cm³/mol. The molecule has 0 spiro atoms. The van der Waals surface area contributed by atoms with E-state index in [4.69, 9.17) is 16.3 Å². The molecule has 0 aromatic heterocycles. The monoisotopic (exact) mass is 341 g/mol. The highest BCUT2D eigenvalue weighted by atomic mass is 35.5. The lowest BCUT2D eigenvalue weighted by atomic mass is 10.2. The summed E-state index contributed by atoms with van der Waals surface area (Å²) in [6, 6.07) is 4.83. The molecule has 7 heteroatoms. The lowest BCUT2D eigenvalue weighted by Gasteiger charge is -2.38. The first kappa shape index (κ1) is 16.5. The standard InChI is InChI=1S/C16H21ClFN3O2/c17-14-2-1-3-15(18)13(14)12-19-4-6-20(7-5-19)16(22)21-8-10-23-11-9-21/h1-3H,4-12H2. The largest absolute Gasteiger partial charge is 0.378 e. The van der Waals surface area contributed by atoms with Crippen LogP contribution in [0.25, 0.3) is 0 Å². The van der Waals surface area contributed by atoms with Crippen molar-refractivity contribution in [3.8, 4) is 0 Å². The minimum atomic E-state index is -0.274. The second-order valence-electron chi connectivity index (χ2n) is 5.85. The van der Waals surface area contributed by atoms with Crippen molar-refractivity contribution in [3.05, 3.63) is 34.6 Å². The van der Waals surface area contributed by atoms with E-state index in [9.17, 15) is 9.18 Å². The number of rotatable bonds is 2. The van der Waals surface area contributed by atoms with E-state index in [1.807, 2.05) is 9.80 Å². The Hall–Kier alpha value is -1.37. The van der Waals surface area contributed by atoms with Gasteiger partial charge in [0.05, 0.1) is 13.2 Å². The summed E-state index contributed by atoms with van der Waals surface area (Å²) < 4.78 is 19.1. The van der Waals surface area contributed by atoms with E-state index >= 15 is 0 Å². The first-order valence-corrected chi connectivity index (χ1v) is 8.30. The molecule has 1 aromatic carbocycles. The average Bonchev–Trinajstić information content (AvgIpc) is 2.59. The molecule has 2 saturated heterocycles. The lowest BCUT2D eigenvalue weighted by Crippen LogP contribution is -2.54. The Morgan fingerprint density at radius 1 is 1.09 bits per heavy atom. The zero-order valence-electron chi connectivity index (χ0n) is 13.0. The molecule has 0 radical (unpaired) electrons. The van der Waals surface area contributed by atoms with Gasteiger partial charge in [-0.3, -0.25) is 4.90 Å². The fourth-order valence-corrected chi connectivity index (χ4v) is 3.18. The van der Waals surface area contributed by atoms with Gasteiger partial charge in [-0.1, -0.05) is 17.7 Å².